The fourth-order valence-electron chi connectivity index (χ4n) is 1.19. The van der Waals surface area contributed by atoms with Crippen LogP contribution in [0, 0.1) is 0 Å². The first-order valence-corrected chi connectivity index (χ1v) is 5.57. The molecule has 3 amide bonds. The van der Waals surface area contributed by atoms with E-state index < -0.39 is 15.9 Å². The van der Waals surface area contributed by atoms with Crippen molar-refractivity contribution in [2.24, 2.45) is 0 Å². The zero-order valence-corrected chi connectivity index (χ0v) is 7.63. The Labute approximate surface area is 75.6 Å². The molecule has 0 saturated carbocycles. The Kier molecular flexibility index (Phi) is 2.86. The first-order valence-electron chi connectivity index (χ1n) is 3.74. The molecular formula is C6H10N2O4S. The summed E-state index contributed by atoms with van der Waals surface area (Å²) < 4.78 is 21.9. The minimum absolute atomic E-state index is 0.0424. The molecule has 6 nitrogen and oxygen atoms in total. The molecular weight excluding hydrogens is 196 g/mol. The van der Waals surface area contributed by atoms with E-state index in [0.717, 1.165) is 0 Å². The van der Waals surface area contributed by atoms with Crippen molar-refractivity contribution in [2.45, 2.75) is 12.5 Å². The second kappa shape index (κ2) is 3.73. The summed E-state index contributed by atoms with van der Waals surface area (Å²) in [5.41, 5.74) is 0. The Morgan fingerprint density at radius 3 is 2.62 bits per heavy atom. The largest absolute Gasteiger partial charge is 0.334 e. The highest BCUT2D eigenvalue weighted by molar-refractivity contribution is 7.91. The molecule has 0 radical (unpaired) electrons. The summed E-state index contributed by atoms with van der Waals surface area (Å²) in [6.45, 7) is 0. The van der Waals surface area contributed by atoms with Gasteiger partial charge in [0, 0.05) is 6.04 Å². The van der Waals surface area contributed by atoms with Gasteiger partial charge in [-0.3, -0.25) is 10.1 Å². The molecule has 1 heterocycles. The average Bonchev–Trinajstić information content (AvgIpc) is 2.30. The molecule has 1 fully saturated rings. The van der Waals surface area contributed by atoms with E-state index in [1.807, 2.05) is 5.32 Å². The molecule has 1 aliphatic rings. The van der Waals surface area contributed by atoms with Crippen molar-refractivity contribution in [2.75, 3.05) is 11.5 Å². The second-order valence-corrected chi connectivity index (χ2v) is 5.06. The number of sulfone groups is 1. The van der Waals surface area contributed by atoms with Gasteiger partial charge in [-0.1, -0.05) is 0 Å². The van der Waals surface area contributed by atoms with Gasteiger partial charge < -0.3 is 5.32 Å². The highest BCUT2D eigenvalue weighted by Crippen LogP contribution is 2.10. The van der Waals surface area contributed by atoms with Gasteiger partial charge in [-0.15, -0.1) is 0 Å². The van der Waals surface area contributed by atoms with Crippen LogP contribution in [-0.2, 0) is 14.6 Å². The van der Waals surface area contributed by atoms with E-state index in [4.69, 9.17) is 0 Å². The predicted molar refractivity (Wildman–Crippen MR) is 44.8 cm³/mol. The third kappa shape index (κ3) is 3.02. The number of hydrogen-bond acceptors (Lipinski definition) is 4. The highest BCUT2D eigenvalue weighted by atomic mass is 32.2. The van der Waals surface area contributed by atoms with Crippen molar-refractivity contribution in [3.63, 3.8) is 0 Å². The van der Waals surface area contributed by atoms with Crippen molar-refractivity contribution in [3.05, 3.63) is 0 Å². The van der Waals surface area contributed by atoms with Gasteiger partial charge in [0.15, 0.2) is 9.84 Å². The maximum Gasteiger partial charge on any atom is 0.321 e. The SMILES string of the molecule is O=CNC(=O)NC1CCS(=O)(=O)C1. The van der Waals surface area contributed by atoms with Gasteiger partial charge in [0.2, 0.25) is 6.41 Å². The van der Waals surface area contributed by atoms with Crippen LogP contribution >= 0.6 is 0 Å². The van der Waals surface area contributed by atoms with Crippen molar-refractivity contribution in [3.8, 4) is 0 Å². The Morgan fingerprint density at radius 2 is 2.15 bits per heavy atom. The van der Waals surface area contributed by atoms with E-state index in [-0.39, 0.29) is 24.0 Å². The van der Waals surface area contributed by atoms with Gasteiger partial charge in [-0.05, 0) is 6.42 Å². The molecule has 7 heteroatoms. The number of imide groups is 1. The lowest BCUT2D eigenvalue weighted by atomic mass is 10.3. The minimum atomic E-state index is -2.99. The van der Waals surface area contributed by atoms with Crippen LogP contribution < -0.4 is 10.6 Å². The minimum Gasteiger partial charge on any atom is -0.334 e. The lowest BCUT2D eigenvalue weighted by molar-refractivity contribution is -0.108. The monoisotopic (exact) mass is 206 g/mol. The van der Waals surface area contributed by atoms with E-state index in [9.17, 15) is 18.0 Å². The Bertz CT molecular complexity index is 311. The zero-order chi connectivity index (χ0) is 9.90. The summed E-state index contributed by atoms with van der Waals surface area (Å²) >= 11 is 0. The van der Waals surface area contributed by atoms with Crippen molar-refractivity contribution in [1.29, 1.82) is 0 Å². The third-order valence-electron chi connectivity index (χ3n) is 1.76. The Hall–Kier alpha value is -1.11. The lowest BCUT2D eigenvalue weighted by Crippen LogP contribution is -2.42. The number of nitrogens with one attached hydrogen (secondary N) is 2. The molecule has 1 aliphatic heterocycles. The second-order valence-electron chi connectivity index (χ2n) is 2.84. The fourth-order valence-corrected chi connectivity index (χ4v) is 2.86. The van der Waals surface area contributed by atoms with Gasteiger partial charge in [0.05, 0.1) is 11.5 Å². The molecule has 13 heavy (non-hydrogen) atoms. The van der Waals surface area contributed by atoms with Crippen molar-refractivity contribution >= 4 is 22.3 Å². The van der Waals surface area contributed by atoms with Crippen LogP contribution in [-0.4, -0.2) is 38.4 Å². The fraction of sp³-hybridized carbons (Fsp3) is 0.667. The summed E-state index contributed by atoms with van der Waals surface area (Å²) in [6, 6.07) is -1.03. The van der Waals surface area contributed by atoms with Crippen LogP contribution in [0.4, 0.5) is 4.79 Å². The van der Waals surface area contributed by atoms with E-state index in [2.05, 4.69) is 5.32 Å². The molecule has 0 aromatic rings. The summed E-state index contributed by atoms with van der Waals surface area (Å²) in [6.07, 6.45) is 0.660. The molecule has 0 bridgehead atoms. The molecule has 1 atom stereocenters. The summed E-state index contributed by atoms with van der Waals surface area (Å²) in [7, 11) is -2.99. The molecule has 0 aromatic carbocycles. The predicted octanol–water partition coefficient (Wildman–Crippen LogP) is -1.37. The van der Waals surface area contributed by atoms with E-state index >= 15 is 0 Å². The summed E-state index contributed by atoms with van der Waals surface area (Å²) in [5.74, 6) is 0.0539. The van der Waals surface area contributed by atoms with Crippen LogP contribution in [0.5, 0.6) is 0 Å². The maximum absolute atomic E-state index is 10.9. The molecule has 0 aromatic heterocycles. The molecule has 1 saturated heterocycles. The van der Waals surface area contributed by atoms with Crippen LogP contribution in [0.25, 0.3) is 0 Å². The Morgan fingerprint density at radius 1 is 1.46 bits per heavy atom. The van der Waals surface area contributed by atoms with Crippen LogP contribution in [0.1, 0.15) is 6.42 Å². The van der Waals surface area contributed by atoms with Gasteiger partial charge in [0.1, 0.15) is 0 Å². The van der Waals surface area contributed by atoms with Gasteiger partial charge in [0.25, 0.3) is 0 Å². The van der Waals surface area contributed by atoms with E-state index in [1.54, 1.807) is 0 Å². The average molecular weight is 206 g/mol. The zero-order valence-electron chi connectivity index (χ0n) is 6.82. The first kappa shape index (κ1) is 9.97. The summed E-state index contributed by atoms with van der Waals surface area (Å²) in [4.78, 5) is 20.6. The number of rotatable bonds is 2. The summed E-state index contributed by atoms with van der Waals surface area (Å²) in [5, 5.41) is 4.25. The number of hydrogen-bond donors (Lipinski definition) is 2. The normalized spacial score (nSPS) is 25.1. The van der Waals surface area contributed by atoms with Crippen molar-refractivity contribution < 1.29 is 18.0 Å². The smallest absolute Gasteiger partial charge is 0.321 e. The highest BCUT2D eigenvalue weighted by Gasteiger charge is 2.28. The first-order chi connectivity index (χ1) is 6.03. The molecule has 0 aliphatic carbocycles. The van der Waals surface area contributed by atoms with Gasteiger partial charge in [-0.2, -0.15) is 0 Å². The number of amides is 3. The standard InChI is InChI=1S/C6H10N2O4S/c9-4-7-6(10)8-5-1-2-13(11,12)3-5/h4-5H,1-3H2,(H2,7,8,9,10). The number of urea groups is 1. The Balaban J connectivity index is 2.40. The number of carbonyl (C=O) groups is 2. The van der Waals surface area contributed by atoms with Crippen LogP contribution in [0.3, 0.4) is 0 Å². The molecule has 74 valence electrons. The molecule has 0 spiro atoms. The lowest BCUT2D eigenvalue weighted by Gasteiger charge is -2.08. The quantitative estimate of drug-likeness (QED) is 0.545. The van der Waals surface area contributed by atoms with Gasteiger partial charge >= 0.3 is 6.03 Å². The van der Waals surface area contributed by atoms with Crippen LogP contribution in [0.15, 0.2) is 0 Å². The van der Waals surface area contributed by atoms with Gasteiger partial charge in [-0.25, -0.2) is 13.2 Å². The van der Waals surface area contributed by atoms with E-state index in [1.165, 1.54) is 0 Å². The topological polar surface area (TPSA) is 92.3 Å². The van der Waals surface area contributed by atoms with E-state index in [0.29, 0.717) is 6.42 Å². The molecule has 1 unspecified atom stereocenters. The van der Waals surface area contributed by atoms with Crippen LogP contribution in [0.2, 0.25) is 0 Å². The van der Waals surface area contributed by atoms with Crippen molar-refractivity contribution in [1.82, 2.24) is 10.6 Å². The molecule has 2 N–H and O–H groups in total. The number of carbonyl (C=O) groups excluding carboxylic acids is 2. The maximum atomic E-state index is 10.9. The third-order valence-corrected chi connectivity index (χ3v) is 3.53. The molecule has 1 rings (SSSR count).